The first kappa shape index (κ1) is 21.5. The monoisotopic (exact) mass is 467 g/mol. The van der Waals surface area contributed by atoms with Crippen LogP contribution in [0.3, 0.4) is 0 Å². The predicted molar refractivity (Wildman–Crippen MR) is 126 cm³/mol. The average Bonchev–Trinajstić information content (AvgIpc) is 3.30. The summed E-state index contributed by atoms with van der Waals surface area (Å²) < 4.78 is 42.2. The van der Waals surface area contributed by atoms with Gasteiger partial charge >= 0.3 is 6.03 Å². The molecular formula is C23H18FN3O3S2. The van der Waals surface area contributed by atoms with Gasteiger partial charge < -0.3 is 10.6 Å². The number of carbonyl (C=O) groups is 1. The number of rotatable bonds is 6. The normalized spacial score (nSPS) is 11.0. The largest absolute Gasteiger partial charge is 0.323 e. The number of halogens is 1. The highest BCUT2D eigenvalue weighted by atomic mass is 32.2. The third-order valence-corrected chi connectivity index (χ3v) is 6.59. The van der Waals surface area contributed by atoms with Crippen LogP contribution < -0.4 is 15.4 Å². The van der Waals surface area contributed by atoms with Gasteiger partial charge in [0.15, 0.2) is 0 Å². The molecule has 0 atom stereocenters. The van der Waals surface area contributed by atoms with Gasteiger partial charge in [-0.1, -0.05) is 36.4 Å². The number of amides is 2. The molecule has 3 aromatic carbocycles. The molecule has 0 fully saturated rings. The number of urea groups is 1. The van der Waals surface area contributed by atoms with Crippen molar-refractivity contribution in [3.05, 3.63) is 95.4 Å². The first-order valence-corrected chi connectivity index (χ1v) is 11.9. The van der Waals surface area contributed by atoms with Gasteiger partial charge in [0.2, 0.25) is 0 Å². The van der Waals surface area contributed by atoms with Gasteiger partial charge in [0.05, 0.1) is 16.3 Å². The van der Waals surface area contributed by atoms with Gasteiger partial charge in [-0.25, -0.2) is 17.6 Å². The summed E-state index contributed by atoms with van der Waals surface area (Å²) in [6, 6.07) is 19.9. The van der Waals surface area contributed by atoms with E-state index in [0.717, 1.165) is 5.56 Å². The van der Waals surface area contributed by atoms with Crippen LogP contribution in [0.1, 0.15) is 0 Å². The maximum atomic E-state index is 13.9. The van der Waals surface area contributed by atoms with E-state index in [1.807, 2.05) is 16.8 Å². The Morgan fingerprint density at radius 1 is 0.844 bits per heavy atom. The second-order valence-corrected chi connectivity index (χ2v) is 9.21. The molecule has 0 radical (unpaired) electrons. The molecule has 0 saturated heterocycles. The van der Waals surface area contributed by atoms with Crippen molar-refractivity contribution in [3.63, 3.8) is 0 Å². The number of hydrogen-bond acceptors (Lipinski definition) is 4. The lowest BCUT2D eigenvalue weighted by atomic mass is 10.1. The van der Waals surface area contributed by atoms with E-state index < -0.39 is 21.9 Å². The van der Waals surface area contributed by atoms with Gasteiger partial charge in [-0.3, -0.25) is 4.72 Å². The Kier molecular flexibility index (Phi) is 6.20. The number of sulfonamides is 1. The Morgan fingerprint density at radius 2 is 1.56 bits per heavy atom. The van der Waals surface area contributed by atoms with Crippen LogP contribution in [-0.4, -0.2) is 14.4 Å². The van der Waals surface area contributed by atoms with E-state index >= 15 is 0 Å². The molecule has 0 spiro atoms. The highest BCUT2D eigenvalue weighted by Gasteiger charge is 2.18. The molecule has 6 nitrogen and oxygen atoms in total. The van der Waals surface area contributed by atoms with E-state index in [2.05, 4.69) is 15.4 Å². The molecule has 0 aliphatic rings. The van der Waals surface area contributed by atoms with Crippen LogP contribution in [0.2, 0.25) is 0 Å². The molecular weight excluding hydrogens is 449 g/mol. The third kappa shape index (κ3) is 4.96. The van der Waals surface area contributed by atoms with Crippen molar-refractivity contribution >= 4 is 44.5 Å². The van der Waals surface area contributed by atoms with Crippen LogP contribution >= 0.6 is 11.3 Å². The lowest BCUT2D eigenvalue weighted by molar-refractivity contribution is 0.262. The van der Waals surface area contributed by atoms with E-state index in [0.29, 0.717) is 11.3 Å². The molecule has 0 saturated carbocycles. The summed E-state index contributed by atoms with van der Waals surface area (Å²) in [5.74, 6) is -0.580. The summed E-state index contributed by atoms with van der Waals surface area (Å²) in [5.41, 5.74) is 2.15. The summed E-state index contributed by atoms with van der Waals surface area (Å²) in [6.45, 7) is 0. The molecule has 0 unspecified atom stereocenters. The predicted octanol–water partition coefficient (Wildman–Crippen LogP) is 6.00. The number of carbonyl (C=O) groups excluding carboxylic acids is 1. The molecule has 4 rings (SSSR count). The molecule has 32 heavy (non-hydrogen) atoms. The minimum Gasteiger partial charge on any atom is -0.307 e. The zero-order valence-electron chi connectivity index (χ0n) is 16.6. The molecule has 3 N–H and O–H groups in total. The number of anilines is 3. The second-order valence-electron chi connectivity index (χ2n) is 6.75. The Balaban J connectivity index is 1.66. The smallest absolute Gasteiger partial charge is 0.307 e. The van der Waals surface area contributed by atoms with Crippen molar-refractivity contribution in [2.24, 2.45) is 0 Å². The van der Waals surface area contributed by atoms with Gasteiger partial charge in [-0.05, 0) is 58.8 Å². The molecule has 4 aromatic rings. The van der Waals surface area contributed by atoms with Gasteiger partial charge in [-0.2, -0.15) is 11.3 Å². The number of thiophene rings is 1. The van der Waals surface area contributed by atoms with Crippen LogP contribution in [0.15, 0.2) is 94.5 Å². The number of nitrogens with one attached hydrogen (secondary N) is 3. The van der Waals surface area contributed by atoms with Crippen molar-refractivity contribution in [2.45, 2.75) is 4.90 Å². The number of benzene rings is 3. The Hall–Kier alpha value is -3.69. The van der Waals surface area contributed by atoms with Crippen molar-refractivity contribution in [1.82, 2.24) is 0 Å². The quantitative estimate of drug-likeness (QED) is 0.325. The zero-order chi connectivity index (χ0) is 22.6. The first-order chi connectivity index (χ1) is 15.4. The maximum absolute atomic E-state index is 13.9. The van der Waals surface area contributed by atoms with Gasteiger partial charge in [0.25, 0.3) is 10.0 Å². The topological polar surface area (TPSA) is 87.3 Å². The minimum atomic E-state index is -3.90. The van der Waals surface area contributed by atoms with Crippen LogP contribution in [0.25, 0.3) is 11.1 Å². The fourth-order valence-electron chi connectivity index (χ4n) is 3.02. The standard InChI is InChI=1S/C23H18FN3O3S2/c24-20-8-4-5-9-21(20)25-23(28)26-22-14-18(10-11-19(22)16-12-13-31-15-16)32(29,30)27-17-6-2-1-3-7-17/h1-15,27H,(H2,25,26,28). The maximum Gasteiger partial charge on any atom is 0.323 e. The van der Waals surface area contributed by atoms with Crippen LogP contribution in [0, 0.1) is 5.82 Å². The van der Waals surface area contributed by atoms with E-state index in [9.17, 15) is 17.6 Å². The molecule has 2 amide bonds. The second kappa shape index (κ2) is 9.21. The fourth-order valence-corrected chi connectivity index (χ4v) is 4.76. The van der Waals surface area contributed by atoms with Crippen molar-refractivity contribution in [3.8, 4) is 11.1 Å². The molecule has 162 valence electrons. The SMILES string of the molecule is O=C(Nc1ccccc1F)Nc1cc(S(=O)(=O)Nc2ccccc2)ccc1-c1ccsc1. The summed E-state index contributed by atoms with van der Waals surface area (Å²) in [7, 11) is -3.90. The minimum absolute atomic E-state index is 0.0107. The molecule has 0 aliphatic heterocycles. The number of para-hydroxylation sites is 2. The molecule has 0 aliphatic carbocycles. The van der Waals surface area contributed by atoms with E-state index in [-0.39, 0.29) is 16.3 Å². The Labute approximate surface area is 188 Å². The highest BCUT2D eigenvalue weighted by Crippen LogP contribution is 2.32. The van der Waals surface area contributed by atoms with E-state index in [1.54, 1.807) is 42.5 Å². The highest BCUT2D eigenvalue weighted by molar-refractivity contribution is 7.92. The lowest BCUT2D eigenvalue weighted by Gasteiger charge is -2.14. The molecule has 0 bridgehead atoms. The fraction of sp³-hybridized carbons (Fsp3) is 0. The van der Waals surface area contributed by atoms with Crippen LogP contribution in [0.4, 0.5) is 26.2 Å². The Bertz CT molecular complexity index is 1340. The van der Waals surface area contributed by atoms with Gasteiger partial charge in [-0.15, -0.1) is 0 Å². The summed E-state index contributed by atoms with van der Waals surface area (Å²) >= 11 is 1.47. The van der Waals surface area contributed by atoms with Gasteiger partial charge in [0, 0.05) is 11.3 Å². The number of hydrogen-bond donors (Lipinski definition) is 3. The van der Waals surface area contributed by atoms with Crippen LogP contribution in [-0.2, 0) is 10.0 Å². The third-order valence-electron chi connectivity index (χ3n) is 4.53. The molecule has 1 heterocycles. The van der Waals surface area contributed by atoms with Gasteiger partial charge in [0.1, 0.15) is 5.82 Å². The van der Waals surface area contributed by atoms with E-state index in [1.165, 1.54) is 41.7 Å². The summed E-state index contributed by atoms with van der Waals surface area (Å²) in [6.07, 6.45) is 0. The van der Waals surface area contributed by atoms with Crippen LogP contribution in [0.5, 0.6) is 0 Å². The average molecular weight is 468 g/mol. The molecule has 9 heteroatoms. The lowest BCUT2D eigenvalue weighted by Crippen LogP contribution is -2.21. The molecule has 1 aromatic heterocycles. The van der Waals surface area contributed by atoms with Crippen molar-refractivity contribution < 1.29 is 17.6 Å². The van der Waals surface area contributed by atoms with E-state index in [4.69, 9.17) is 0 Å². The zero-order valence-corrected chi connectivity index (χ0v) is 18.2. The summed E-state index contributed by atoms with van der Waals surface area (Å²) in [4.78, 5) is 12.5. The Morgan fingerprint density at radius 3 is 2.28 bits per heavy atom. The van der Waals surface area contributed by atoms with Crippen molar-refractivity contribution in [1.29, 1.82) is 0 Å². The first-order valence-electron chi connectivity index (χ1n) is 9.49. The summed E-state index contributed by atoms with van der Waals surface area (Å²) in [5, 5.41) is 8.84. The van der Waals surface area contributed by atoms with Crippen molar-refractivity contribution in [2.75, 3.05) is 15.4 Å².